The first-order chi connectivity index (χ1) is 14.6. The van der Waals surface area contributed by atoms with Crippen LogP contribution in [0, 0.1) is 6.92 Å². The van der Waals surface area contributed by atoms with E-state index in [4.69, 9.17) is 9.15 Å². The van der Waals surface area contributed by atoms with E-state index in [-0.39, 0.29) is 12.4 Å². The highest BCUT2D eigenvalue weighted by molar-refractivity contribution is 5.99. The second-order valence-electron chi connectivity index (χ2n) is 6.73. The maximum absolute atomic E-state index is 12.3. The number of para-hydroxylation sites is 1. The van der Waals surface area contributed by atoms with Gasteiger partial charge >= 0.3 is 5.91 Å². The van der Waals surface area contributed by atoms with E-state index in [0.29, 0.717) is 16.9 Å². The molecule has 0 atom stereocenters. The highest BCUT2D eigenvalue weighted by atomic mass is 16.5. The maximum Gasteiger partial charge on any atom is 0.305 e. The van der Waals surface area contributed by atoms with Gasteiger partial charge in [-0.05, 0) is 36.2 Å². The molecule has 0 radical (unpaired) electrons. The number of hydrogen-bond acceptors (Lipinski definition) is 4. The van der Waals surface area contributed by atoms with Crippen molar-refractivity contribution in [1.29, 1.82) is 0 Å². The number of fused-ring (bicyclic) bond motifs is 1. The minimum absolute atomic E-state index is 0.161. The van der Waals surface area contributed by atoms with E-state index in [9.17, 15) is 9.59 Å². The largest absolute Gasteiger partial charge is 0.484 e. The van der Waals surface area contributed by atoms with Crippen LogP contribution in [-0.4, -0.2) is 18.4 Å². The van der Waals surface area contributed by atoms with Gasteiger partial charge in [0.1, 0.15) is 11.3 Å². The lowest BCUT2D eigenvalue weighted by Gasteiger charge is -2.09. The third-order valence-electron chi connectivity index (χ3n) is 4.70. The summed E-state index contributed by atoms with van der Waals surface area (Å²) in [6.07, 6.45) is 0. The van der Waals surface area contributed by atoms with E-state index < -0.39 is 11.8 Å². The minimum atomic E-state index is -0.524. The van der Waals surface area contributed by atoms with E-state index in [1.807, 2.05) is 60.7 Å². The fourth-order valence-corrected chi connectivity index (χ4v) is 3.13. The summed E-state index contributed by atoms with van der Waals surface area (Å²) < 4.78 is 11.1. The number of hydrogen-bond donors (Lipinski definition) is 2. The molecule has 1 heterocycles. The third kappa shape index (κ3) is 4.17. The van der Waals surface area contributed by atoms with E-state index in [2.05, 4.69) is 10.9 Å². The Morgan fingerprint density at radius 1 is 0.833 bits per heavy atom. The Kier molecular flexibility index (Phi) is 5.48. The first-order valence-electron chi connectivity index (χ1n) is 9.47. The molecule has 6 nitrogen and oxygen atoms in total. The zero-order valence-electron chi connectivity index (χ0n) is 16.3. The van der Waals surface area contributed by atoms with Gasteiger partial charge in [-0.3, -0.25) is 20.4 Å². The molecule has 0 bridgehead atoms. The number of rotatable bonds is 5. The number of nitrogens with one attached hydrogen (secondary N) is 2. The highest BCUT2D eigenvalue weighted by Gasteiger charge is 2.17. The third-order valence-corrected chi connectivity index (χ3v) is 4.70. The molecule has 0 aliphatic carbocycles. The lowest BCUT2D eigenvalue weighted by Crippen LogP contribution is -2.43. The average molecular weight is 400 g/mol. The molecular weight excluding hydrogens is 380 g/mol. The van der Waals surface area contributed by atoms with Crippen molar-refractivity contribution in [1.82, 2.24) is 10.9 Å². The summed E-state index contributed by atoms with van der Waals surface area (Å²) in [5.74, 6) is -0.285. The van der Waals surface area contributed by atoms with Gasteiger partial charge in [0.25, 0.3) is 5.91 Å². The van der Waals surface area contributed by atoms with Crippen molar-refractivity contribution in [3.8, 4) is 16.9 Å². The highest BCUT2D eigenvalue weighted by Crippen LogP contribution is 2.24. The lowest BCUT2D eigenvalue weighted by molar-refractivity contribution is -0.123. The van der Waals surface area contributed by atoms with Gasteiger partial charge in [-0.15, -0.1) is 0 Å². The van der Waals surface area contributed by atoms with Gasteiger partial charge in [0.2, 0.25) is 0 Å². The molecule has 0 aliphatic rings. The molecule has 1 aromatic heterocycles. The van der Waals surface area contributed by atoms with E-state index >= 15 is 0 Å². The van der Waals surface area contributed by atoms with Crippen molar-refractivity contribution in [2.24, 2.45) is 0 Å². The zero-order valence-corrected chi connectivity index (χ0v) is 16.3. The van der Waals surface area contributed by atoms with Gasteiger partial charge in [0.05, 0.1) is 0 Å². The number of ether oxygens (including phenoxy) is 1. The number of carbonyl (C=O) groups is 2. The van der Waals surface area contributed by atoms with Crippen LogP contribution >= 0.6 is 0 Å². The second kappa shape index (κ2) is 8.53. The predicted molar refractivity (Wildman–Crippen MR) is 114 cm³/mol. The topological polar surface area (TPSA) is 80.6 Å². The smallest absolute Gasteiger partial charge is 0.305 e. The van der Waals surface area contributed by atoms with Crippen molar-refractivity contribution >= 4 is 22.8 Å². The number of carbonyl (C=O) groups excluding carboxylic acids is 2. The van der Waals surface area contributed by atoms with Crippen molar-refractivity contribution in [2.75, 3.05) is 6.61 Å². The van der Waals surface area contributed by atoms with Crippen LogP contribution in [0.1, 0.15) is 16.1 Å². The maximum atomic E-state index is 12.3. The SMILES string of the molecule is Cc1c(C(=O)NNC(=O)COc2ccc(-c3ccccc3)cc2)oc2ccccc12. The summed E-state index contributed by atoms with van der Waals surface area (Å²) in [6.45, 7) is 1.56. The number of hydrazine groups is 1. The van der Waals surface area contributed by atoms with Crippen molar-refractivity contribution in [3.63, 3.8) is 0 Å². The summed E-state index contributed by atoms with van der Waals surface area (Å²) in [5, 5.41) is 0.858. The summed E-state index contributed by atoms with van der Waals surface area (Å²) >= 11 is 0. The van der Waals surface area contributed by atoms with Gasteiger partial charge in [0, 0.05) is 10.9 Å². The molecule has 0 unspecified atom stereocenters. The zero-order chi connectivity index (χ0) is 20.9. The van der Waals surface area contributed by atoms with Crippen LogP contribution in [0.25, 0.3) is 22.1 Å². The molecule has 6 heteroatoms. The molecule has 0 saturated heterocycles. The van der Waals surface area contributed by atoms with Crippen molar-refractivity contribution in [2.45, 2.75) is 6.92 Å². The van der Waals surface area contributed by atoms with Crippen LogP contribution < -0.4 is 15.6 Å². The molecule has 0 fully saturated rings. The number of amides is 2. The molecule has 2 amide bonds. The van der Waals surface area contributed by atoms with Crippen molar-refractivity contribution < 1.29 is 18.7 Å². The van der Waals surface area contributed by atoms with Gasteiger partial charge in [0.15, 0.2) is 12.4 Å². The number of aryl methyl sites for hydroxylation is 1. The van der Waals surface area contributed by atoms with Crippen LogP contribution in [0.5, 0.6) is 5.75 Å². The second-order valence-corrected chi connectivity index (χ2v) is 6.73. The Balaban J connectivity index is 1.29. The fourth-order valence-electron chi connectivity index (χ4n) is 3.13. The summed E-state index contributed by atoms with van der Waals surface area (Å²) in [5.41, 5.74) is 8.18. The molecule has 4 rings (SSSR count). The molecule has 150 valence electrons. The molecular formula is C24H20N2O4. The van der Waals surface area contributed by atoms with Crippen LogP contribution in [-0.2, 0) is 4.79 Å². The normalized spacial score (nSPS) is 10.6. The van der Waals surface area contributed by atoms with Gasteiger partial charge in [-0.2, -0.15) is 0 Å². The molecule has 3 aromatic carbocycles. The summed E-state index contributed by atoms with van der Waals surface area (Å²) in [4.78, 5) is 24.3. The van der Waals surface area contributed by atoms with Crippen LogP contribution in [0.3, 0.4) is 0 Å². The van der Waals surface area contributed by atoms with Gasteiger partial charge in [-0.1, -0.05) is 60.7 Å². The molecule has 0 aliphatic heterocycles. The molecule has 0 spiro atoms. The van der Waals surface area contributed by atoms with E-state index in [1.54, 1.807) is 25.1 Å². The monoisotopic (exact) mass is 400 g/mol. The standard InChI is InChI=1S/C24H20N2O4/c1-16-20-9-5-6-10-21(20)30-23(16)24(28)26-25-22(27)15-29-19-13-11-18(12-14-19)17-7-3-2-4-8-17/h2-14H,15H2,1H3,(H,25,27)(H,26,28). The number of benzene rings is 3. The van der Waals surface area contributed by atoms with Crippen LogP contribution in [0.15, 0.2) is 83.3 Å². The number of furan rings is 1. The average Bonchev–Trinajstić information content (AvgIpc) is 3.14. The lowest BCUT2D eigenvalue weighted by atomic mass is 10.1. The van der Waals surface area contributed by atoms with Gasteiger partial charge < -0.3 is 9.15 Å². The minimum Gasteiger partial charge on any atom is -0.484 e. The van der Waals surface area contributed by atoms with Crippen LogP contribution in [0.4, 0.5) is 0 Å². The van der Waals surface area contributed by atoms with Crippen molar-refractivity contribution in [3.05, 3.63) is 90.2 Å². The fraction of sp³-hybridized carbons (Fsp3) is 0.0833. The Hall–Kier alpha value is -4.06. The van der Waals surface area contributed by atoms with Gasteiger partial charge in [-0.25, -0.2) is 0 Å². The first-order valence-corrected chi connectivity index (χ1v) is 9.47. The predicted octanol–water partition coefficient (Wildman–Crippen LogP) is 4.25. The molecule has 2 N–H and O–H groups in total. The summed E-state index contributed by atoms with van der Waals surface area (Å²) in [6, 6.07) is 24.8. The van der Waals surface area contributed by atoms with E-state index in [0.717, 1.165) is 16.5 Å². The Morgan fingerprint density at radius 3 is 2.23 bits per heavy atom. The Morgan fingerprint density at radius 2 is 1.50 bits per heavy atom. The molecule has 4 aromatic rings. The quantitative estimate of drug-likeness (QED) is 0.491. The molecule has 0 saturated carbocycles. The Bertz CT molecular complexity index is 1180. The molecule has 30 heavy (non-hydrogen) atoms. The van der Waals surface area contributed by atoms with E-state index in [1.165, 1.54) is 0 Å². The summed E-state index contributed by atoms with van der Waals surface area (Å²) in [7, 11) is 0. The van der Waals surface area contributed by atoms with Crippen LogP contribution in [0.2, 0.25) is 0 Å². The Labute approximate surface area is 173 Å². The first kappa shape index (κ1) is 19.3.